The molecule has 0 spiro atoms. The van der Waals surface area contributed by atoms with Crippen LogP contribution in [0.25, 0.3) is 11.1 Å². The van der Waals surface area contributed by atoms with Gasteiger partial charge in [-0.1, -0.05) is 61.7 Å². The zero-order valence-corrected chi connectivity index (χ0v) is 13.0. The highest BCUT2D eigenvalue weighted by Gasteiger charge is 2.19. The van der Waals surface area contributed by atoms with Crippen LogP contribution in [0.2, 0.25) is 5.02 Å². The van der Waals surface area contributed by atoms with Gasteiger partial charge in [-0.05, 0) is 53.5 Å². The van der Waals surface area contributed by atoms with Gasteiger partial charge in [-0.3, -0.25) is 0 Å². The Bertz CT molecular complexity index is 610. The van der Waals surface area contributed by atoms with E-state index in [1.165, 1.54) is 37.3 Å². The maximum absolute atomic E-state index is 13.5. The number of benzene rings is 2. The van der Waals surface area contributed by atoms with Crippen molar-refractivity contribution in [3.8, 4) is 11.1 Å². The topological polar surface area (TPSA) is 0 Å². The second-order valence-corrected chi connectivity index (χ2v) is 6.61. The SMILES string of the molecule is CC1CCC(c2ccc(-c3ccc(Cl)c(F)c3)cc2)CC1. The van der Waals surface area contributed by atoms with Gasteiger partial charge in [-0.25, -0.2) is 4.39 Å². The van der Waals surface area contributed by atoms with Crippen molar-refractivity contribution in [3.05, 3.63) is 58.9 Å². The van der Waals surface area contributed by atoms with Gasteiger partial charge in [0.25, 0.3) is 0 Å². The van der Waals surface area contributed by atoms with Gasteiger partial charge in [0.15, 0.2) is 0 Å². The summed E-state index contributed by atoms with van der Waals surface area (Å²) in [5.41, 5.74) is 3.33. The van der Waals surface area contributed by atoms with Crippen molar-refractivity contribution >= 4 is 11.6 Å². The first-order chi connectivity index (χ1) is 10.1. The fourth-order valence-electron chi connectivity index (χ4n) is 3.22. The monoisotopic (exact) mass is 302 g/mol. The smallest absolute Gasteiger partial charge is 0.142 e. The Hall–Kier alpha value is -1.34. The minimum atomic E-state index is -0.362. The molecule has 2 heteroatoms. The third kappa shape index (κ3) is 3.29. The van der Waals surface area contributed by atoms with Crippen LogP contribution in [0.4, 0.5) is 4.39 Å². The molecule has 1 aliphatic rings. The van der Waals surface area contributed by atoms with Crippen LogP contribution in [0.1, 0.15) is 44.1 Å². The molecule has 1 saturated carbocycles. The summed E-state index contributed by atoms with van der Waals surface area (Å²) in [6.45, 7) is 2.34. The number of hydrogen-bond acceptors (Lipinski definition) is 0. The van der Waals surface area contributed by atoms with Crippen molar-refractivity contribution in [2.24, 2.45) is 5.92 Å². The fourth-order valence-corrected chi connectivity index (χ4v) is 3.33. The maximum Gasteiger partial charge on any atom is 0.142 e. The van der Waals surface area contributed by atoms with E-state index >= 15 is 0 Å². The first-order valence-corrected chi connectivity index (χ1v) is 8.06. The number of halogens is 2. The van der Waals surface area contributed by atoms with E-state index in [-0.39, 0.29) is 10.8 Å². The molecule has 0 bridgehead atoms. The average Bonchev–Trinajstić information content (AvgIpc) is 2.51. The highest BCUT2D eigenvalue weighted by atomic mass is 35.5. The molecule has 2 aromatic carbocycles. The van der Waals surface area contributed by atoms with E-state index in [0.717, 1.165) is 17.0 Å². The molecule has 0 unspecified atom stereocenters. The van der Waals surface area contributed by atoms with Crippen LogP contribution in [0, 0.1) is 11.7 Å². The normalized spacial score (nSPS) is 22.2. The molecule has 0 atom stereocenters. The average molecular weight is 303 g/mol. The molecule has 0 nitrogen and oxygen atoms in total. The van der Waals surface area contributed by atoms with E-state index in [4.69, 9.17) is 11.6 Å². The Kier molecular flexibility index (Phi) is 4.30. The van der Waals surface area contributed by atoms with Gasteiger partial charge < -0.3 is 0 Å². The molecule has 0 saturated heterocycles. The van der Waals surface area contributed by atoms with E-state index in [1.54, 1.807) is 6.07 Å². The summed E-state index contributed by atoms with van der Waals surface area (Å²) >= 11 is 5.73. The molecule has 0 N–H and O–H groups in total. The van der Waals surface area contributed by atoms with Gasteiger partial charge in [-0.2, -0.15) is 0 Å². The largest absolute Gasteiger partial charge is 0.205 e. The molecule has 1 fully saturated rings. The standard InChI is InChI=1S/C19H20ClF/c1-13-2-4-14(5-3-13)15-6-8-16(9-7-15)17-10-11-18(20)19(21)12-17/h6-14H,2-5H2,1H3. The Labute approximate surface area is 131 Å². The van der Waals surface area contributed by atoms with Crippen molar-refractivity contribution in [2.75, 3.05) is 0 Å². The highest BCUT2D eigenvalue weighted by molar-refractivity contribution is 6.30. The minimum Gasteiger partial charge on any atom is -0.205 e. The molecule has 0 amide bonds. The highest BCUT2D eigenvalue weighted by Crippen LogP contribution is 2.36. The molecule has 1 aliphatic carbocycles. The summed E-state index contributed by atoms with van der Waals surface area (Å²) in [6.07, 6.45) is 5.23. The number of hydrogen-bond donors (Lipinski definition) is 0. The zero-order valence-electron chi connectivity index (χ0n) is 12.3. The van der Waals surface area contributed by atoms with E-state index < -0.39 is 0 Å². The van der Waals surface area contributed by atoms with Crippen molar-refractivity contribution in [1.29, 1.82) is 0 Å². The van der Waals surface area contributed by atoms with Crippen LogP contribution in [0.3, 0.4) is 0 Å². The Balaban J connectivity index is 1.79. The van der Waals surface area contributed by atoms with Gasteiger partial charge in [0.05, 0.1) is 5.02 Å². The van der Waals surface area contributed by atoms with Crippen molar-refractivity contribution in [1.82, 2.24) is 0 Å². The summed E-state index contributed by atoms with van der Waals surface area (Å²) in [4.78, 5) is 0. The van der Waals surface area contributed by atoms with Crippen LogP contribution in [0.5, 0.6) is 0 Å². The van der Waals surface area contributed by atoms with Crippen LogP contribution in [-0.2, 0) is 0 Å². The zero-order chi connectivity index (χ0) is 14.8. The van der Waals surface area contributed by atoms with Crippen LogP contribution in [-0.4, -0.2) is 0 Å². The fraction of sp³-hybridized carbons (Fsp3) is 0.368. The van der Waals surface area contributed by atoms with Crippen LogP contribution in [0.15, 0.2) is 42.5 Å². The lowest BCUT2D eigenvalue weighted by atomic mass is 9.79. The first-order valence-electron chi connectivity index (χ1n) is 7.69. The second-order valence-electron chi connectivity index (χ2n) is 6.21. The molecular weight excluding hydrogens is 283 g/mol. The predicted molar refractivity (Wildman–Crippen MR) is 87.2 cm³/mol. The Morgan fingerprint density at radius 3 is 2.14 bits per heavy atom. The van der Waals surface area contributed by atoms with Gasteiger partial charge in [0.1, 0.15) is 5.82 Å². The lowest BCUT2D eigenvalue weighted by Crippen LogP contribution is -2.10. The first kappa shape index (κ1) is 14.6. The summed E-state index contributed by atoms with van der Waals surface area (Å²) in [7, 11) is 0. The molecule has 0 aliphatic heterocycles. The molecule has 0 aromatic heterocycles. The van der Waals surface area contributed by atoms with Gasteiger partial charge in [0, 0.05) is 0 Å². The van der Waals surface area contributed by atoms with E-state index in [9.17, 15) is 4.39 Å². The summed E-state index contributed by atoms with van der Waals surface area (Å²) < 4.78 is 13.5. The van der Waals surface area contributed by atoms with Gasteiger partial charge >= 0.3 is 0 Å². The summed E-state index contributed by atoms with van der Waals surface area (Å²) in [5.74, 6) is 1.20. The van der Waals surface area contributed by atoms with E-state index in [2.05, 4.69) is 31.2 Å². The summed E-state index contributed by atoms with van der Waals surface area (Å²) in [5, 5.41) is 0.173. The van der Waals surface area contributed by atoms with Crippen LogP contribution >= 0.6 is 11.6 Å². The molecule has 21 heavy (non-hydrogen) atoms. The molecule has 0 radical (unpaired) electrons. The Morgan fingerprint density at radius 1 is 0.905 bits per heavy atom. The van der Waals surface area contributed by atoms with Crippen LogP contribution < -0.4 is 0 Å². The third-order valence-corrected chi connectivity index (χ3v) is 4.96. The molecule has 2 aromatic rings. The van der Waals surface area contributed by atoms with E-state index in [1.807, 2.05) is 6.07 Å². The predicted octanol–water partition coefficient (Wildman–Crippen LogP) is 6.44. The third-order valence-electron chi connectivity index (χ3n) is 4.65. The number of rotatable bonds is 2. The minimum absolute atomic E-state index is 0.173. The molecular formula is C19H20ClF. The molecule has 0 heterocycles. The molecule has 3 rings (SSSR count). The van der Waals surface area contributed by atoms with Crippen molar-refractivity contribution in [2.45, 2.75) is 38.5 Å². The summed E-state index contributed by atoms with van der Waals surface area (Å²) in [6, 6.07) is 13.6. The van der Waals surface area contributed by atoms with Gasteiger partial charge in [-0.15, -0.1) is 0 Å². The van der Waals surface area contributed by atoms with Gasteiger partial charge in [0.2, 0.25) is 0 Å². The Morgan fingerprint density at radius 2 is 1.52 bits per heavy atom. The lowest BCUT2D eigenvalue weighted by molar-refractivity contribution is 0.348. The molecule has 110 valence electrons. The van der Waals surface area contributed by atoms with Crippen molar-refractivity contribution < 1.29 is 4.39 Å². The maximum atomic E-state index is 13.5. The van der Waals surface area contributed by atoms with Crippen molar-refractivity contribution in [3.63, 3.8) is 0 Å². The quantitative estimate of drug-likeness (QED) is 0.599. The second kappa shape index (κ2) is 6.19. The van der Waals surface area contributed by atoms with E-state index in [0.29, 0.717) is 5.92 Å². The lowest BCUT2D eigenvalue weighted by Gasteiger charge is -2.26.